The fourth-order valence-electron chi connectivity index (χ4n) is 3.72. The molecule has 2 aromatic carbocycles. The smallest absolute Gasteiger partial charge is 0.262 e. The Morgan fingerprint density at radius 2 is 2.10 bits per heavy atom. The average Bonchev–Trinajstić information content (AvgIpc) is 3.20. The molecule has 0 aliphatic carbocycles. The first-order valence-corrected chi connectivity index (χ1v) is 11.3. The average molecular weight is 468 g/mol. The number of amides is 2. The van der Waals surface area contributed by atoms with E-state index in [1.807, 2.05) is 0 Å². The Morgan fingerprint density at radius 3 is 2.84 bits per heavy atom. The summed E-state index contributed by atoms with van der Waals surface area (Å²) in [6, 6.07) is 5.70. The number of hydrogen-bond donors (Lipinski definition) is 2. The van der Waals surface area contributed by atoms with Crippen LogP contribution in [-0.2, 0) is 19.6 Å². The maximum Gasteiger partial charge on any atom is 0.262 e. The number of ether oxygens (including phenoxy) is 1. The first kappa shape index (κ1) is 21.5. The zero-order chi connectivity index (χ0) is 22.3. The molecular weight excluding hydrogens is 449 g/mol. The third-order valence-corrected chi connectivity index (χ3v) is 7.48. The summed E-state index contributed by atoms with van der Waals surface area (Å²) in [4.78, 5) is 24.3. The maximum absolute atomic E-state index is 14.1. The Kier molecular flexibility index (Phi) is 5.63. The number of rotatable bonds is 4. The summed E-state index contributed by atoms with van der Waals surface area (Å²) in [5.41, 5.74) is 0.716. The minimum Gasteiger partial charge on any atom is -0.482 e. The summed E-state index contributed by atoms with van der Waals surface area (Å²) in [6.07, 6.45) is 0.785. The standard InChI is InChI=1S/C20H19ClFN3O5S/c1-11-7-15-17(30-10-19(26)23-15)9-18(11)31(28,29)25-6-2-3-16(25)20(27)24-14-5-4-12(21)8-13(14)22/h4-5,7-9,16H,2-3,6,10H2,1H3,(H,23,26)(H,24,27)/t16-/m1/s1. The van der Waals surface area contributed by atoms with E-state index in [1.54, 1.807) is 6.92 Å². The number of nitrogens with zero attached hydrogens (tertiary/aromatic N) is 1. The Balaban J connectivity index is 1.62. The van der Waals surface area contributed by atoms with Crippen molar-refractivity contribution in [3.63, 3.8) is 0 Å². The van der Waals surface area contributed by atoms with Gasteiger partial charge in [-0.2, -0.15) is 4.31 Å². The lowest BCUT2D eigenvalue weighted by Gasteiger charge is -2.26. The van der Waals surface area contributed by atoms with Gasteiger partial charge >= 0.3 is 0 Å². The Hall–Kier alpha value is -2.69. The highest BCUT2D eigenvalue weighted by molar-refractivity contribution is 7.89. The van der Waals surface area contributed by atoms with Crippen molar-refractivity contribution in [1.29, 1.82) is 0 Å². The van der Waals surface area contributed by atoms with E-state index in [2.05, 4.69) is 10.6 Å². The summed E-state index contributed by atoms with van der Waals surface area (Å²) in [5, 5.41) is 5.26. The molecule has 0 radical (unpaired) electrons. The molecule has 8 nitrogen and oxygen atoms in total. The molecule has 11 heteroatoms. The van der Waals surface area contributed by atoms with Gasteiger partial charge in [-0.3, -0.25) is 9.59 Å². The van der Waals surface area contributed by atoms with Crippen LogP contribution < -0.4 is 15.4 Å². The zero-order valence-corrected chi connectivity index (χ0v) is 18.0. The summed E-state index contributed by atoms with van der Waals surface area (Å²) in [7, 11) is -4.05. The van der Waals surface area contributed by atoms with Gasteiger partial charge in [0, 0.05) is 17.6 Å². The molecule has 2 N–H and O–H groups in total. The van der Waals surface area contributed by atoms with Crippen LogP contribution >= 0.6 is 11.6 Å². The van der Waals surface area contributed by atoms with Crippen molar-refractivity contribution in [2.24, 2.45) is 0 Å². The lowest BCUT2D eigenvalue weighted by Crippen LogP contribution is -2.43. The van der Waals surface area contributed by atoms with Crippen LogP contribution in [0.4, 0.5) is 15.8 Å². The number of benzene rings is 2. The minimum atomic E-state index is -4.05. The van der Waals surface area contributed by atoms with Crippen LogP contribution in [0.15, 0.2) is 35.2 Å². The van der Waals surface area contributed by atoms with Gasteiger partial charge in [0.15, 0.2) is 6.61 Å². The van der Waals surface area contributed by atoms with Gasteiger partial charge in [-0.15, -0.1) is 0 Å². The molecule has 0 bridgehead atoms. The predicted octanol–water partition coefficient (Wildman–Crippen LogP) is 2.91. The first-order valence-electron chi connectivity index (χ1n) is 9.52. The van der Waals surface area contributed by atoms with Crippen LogP contribution in [0.25, 0.3) is 0 Å². The molecule has 0 spiro atoms. The number of carbonyl (C=O) groups is 2. The number of fused-ring (bicyclic) bond motifs is 1. The van der Waals surface area contributed by atoms with E-state index in [0.717, 1.165) is 10.4 Å². The number of hydrogen-bond acceptors (Lipinski definition) is 5. The molecule has 2 amide bonds. The number of carbonyl (C=O) groups excluding carboxylic acids is 2. The third kappa shape index (κ3) is 4.10. The Bertz CT molecular complexity index is 1190. The van der Waals surface area contributed by atoms with E-state index >= 15 is 0 Å². The number of anilines is 2. The number of nitrogens with one attached hydrogen (secondary N) is 2. The molecule has 1 saturated heterocycles. The van der Waals surface area contributed by atoms with Gasteiger partial charge in [0.2, 0.25) is 15.9 Å². The van der Waals surface area contributed by atoms with Gasteiger partial charge in [0.1, 0.15) is 17.6 Å². The third-order valence-electron chi connectivity index (χ3n) is 5.19. The number of sulfonamides is 1. The molecule has 4 rings (SSSR count). The van der Waals surface area contributed by atoms with E-state index in [1.165, 1.54) is 24.3 Å². The van der Waals surface area contributed by atoms with Crippen molar-refractivity contribution >= 4 is 44.8 Å². The van der Waals surface area contributed by atoms with Gasteiger partial charge in [0.25, 0.3) is 5.91 Å². The van der Waals surface area contributed by atoms with Crippen molar-refractivity contribution < 1.29 is 27.1 Å². The molecule has 2 heterocycles. The van der Waals surface area contributed by atoms with Crippen molar-refractivity contribution in [2.75, 3.05) is 23.8 Å². The highest BCUT2D eigenvalue weighted by Crippen LogP contribution is 2.36. The number of aryl methyl sites for hydroxylation is 1. The molecular formula is C20H19ClFN3O5S. The monoisotopic (exact) mass is 467 g/mol. The van der Waals surface area contributed by atoms with Crippen molar-refractivity contribution in [3.05, 3.63) is 46.7 Å². The quantitative estimate of drug-likeness (QED) is 0.719. The van der Waals surface area contributed by atoms with Gasteiger partial charge in [-0.05, 0) is 49.6 Å². The second-order valence-corrected chi connectivity index (χ2v) is 9.63. The van der Waals surface area contributed by atoms with Gasteiger partial charge in [-0.25, -0.2) is 12.8 Å². The molecule has 2 aliphatic heterocycles. The van der Waals surface area contributed by atoms with Crippen LogP contribution in [0.5, 0.6) is 5.75 Å². The van der Waals surface area contributed by atoms with Crippen LogP contribution in [0.2, 0.25) is 5.02 Å². The molecule has 1 fully saturated rings. The van der Waals surface area contributed by atoms with Gasteiger partial charge in [-0.1, -0.05) is 11.6 Å². The van der Waals surface area contributed by atoms with Gasteiger partial charge in [0.05, 0.1) is 16.3 Å². The lowest BCUT2D eigenvalue weighted by molar-refractivity contribution is -0.119. The molecule has 0 unspecified atom stereocenters. The Morgan fingerprint density at radius 1 is 1.32 bits per heavy atom. The normalized spacial score (nSPS) is 18.8. The van der Waals surface area contributed by atoms with E-state index in [9.17, 15) is 22.4 Å². The highest BCUT2D eigenvalue weighted by Gasteiger charge is 2.40. The van der Waals surface area contributed by atoms with Crippen LogP contribution in [0, 0.1) is 12.7 Å². The van der Waals surface area contributed by atoms with Crippen molar-refractivity contribution in [2.45, 2.75) is 30.7 Å². The van der Waals surface area contributed by atoms with Gasteiger partial charge < -0.3 is 15.4 Å². The number of halogens is 2. The largest absolute Gasteiger partial charge is 0.482 e. The first-order chi connectivity index (χ1) is 14.7. The minimum absolute atomic E-state index is 0.0141. The second-order valence-electron chi connectivity index (χ2n) is 7.34. The molecule has 1 atom stereocenters. The summed E-state index contributed by atoms with van der Waals surface area (Å²) >= 11 is 5.73. The zero-order valence-electron chi connectivity index (χ0n) is 16.4. The van der Waals surface area contributed by atoms with E-state index in [0.29, 0.717) is 24.1 Å². The van der Waals surface area contributed by atoms with Crippen molar-refractivity contribution in [3.8, 4) is 5.75 Å². The molecule has 31 heavy (non-hydrogen) atoms. The highest BCUT2D eigenvalue weighted by atomic mass is 35.5. The van der Waals surface area contributed by atoms with E-state index < -0.39 is 27.8 Å². The van der Waals surface area contributed by atoms with Crippen LogP contribution in [0.3, 0.4) is 0 Å². The molecule has 0 saturated carbocycles. The fraction of sp³-hybridized carbons (Fsp3) is 0.300. The summed E-state index contributed by atoms with van der Waals surface area (Å²) in [6.45, 7) is 1.54. The molecule has 2 aliphatic rings. The molecule has 2 aromatic rings. The Labute approximate surface area is 183 Å². The fourth-order valence-corrected chi connectivity index (χ4v) is 5.76. The molecule has 164 valence electrons. The summed E-state index contributed by atoms with van der Waals surface area (Å²) in [5.74, 6) is -1.42. The maximum atomic E-state index is 14.1. The lowest BCUT2D eigenvalue weighted by atomic mass is 10.2. The second kappa shape index (κ2) is 8.10. The van der Waals surface area contributed by atoms with Crippen molar-refractivity contribution in [1.82, 2.24) is 4.31 Å². The van der Waals surface area contributed by atoms with E-state index in [-0.39, 0.29) is 40.4 Å². The van der Waals surface area contributed by atoms with Crippen LogP contribution in [-0.4, -0.2) is 43.7 Å². The van der Waals surface area contributed by atoms with E-state index in [4.69, 9.17) is 16.3 Å². The van der Waals surface area contributed by atoms with Crippen LogP contribution in [0.1, 0.15) is 18.4 Å². The SMILES string of the molecule is Cc1cc2c(cc1S(=O)(=O)N1CCC[C@@H]1C(=O)Nc1ccc(Cl)cc1F)OCC(=O)N2. The molecule has 0 aromatic heterocycles. The topological polar surface area (TPSA) is 105 Å². The predicted molar refractivity (Wildman–Crippen MR) is 112 cm³/mol. The summed E-state index contributed by atoms with van der Waals surface area (Å²) < 4.78 is 47.3.